The number of benzene rings is 1. The Morgan fingerprint density at radius 1 is 1.33 bits per heavy atom. The fourth-order valence-electron chi connectivity index (χ4n) is 2.25. The second kappa shape index (κ2) is 5.18. The average molecular weight is 268 g/mol. The van der Waals surface area contributed by atoms with Crippen LogP contribution in [0.25, 0.3) is 0 Å². The van der Waals surface area contributed by atoms with Crippen molar-refractivity contribution in [3.8, 4) is 0 Å². The Kier molecular flexibility index (Phi) is 3.80. The third-order valence-electron chi connectivity index (χ3n) is 2.94. The molecule has 0 spiro atoms. The summed E-state index contributed by atoms with van der Waals surface area (Å²) in [6.07, 6.45) is 0.663. The van der Waals surface area contributed by atoms with Crippen molar-refractivity contribution in [1.29, 1.82) is 0 Å². The molecule has 0 aliphatic carbocycles. The summed E-state index contributed by atoms with van der Waals surface area (Å²) < 4.78 is 26.2. The first kappa shape index (κ1) is 13.2. The van der Waals surface area contributed by atoms with Gasteiger partial charge < -0.3 is 4.90 Å². The fourth-order valence-corrected chi connectivity index (χ4v) is 3.37. The van der Waals surface area contributed by atoms with Crippen LogP contribution in [-0.4, -0.2) is 27.3 Å². The highest BCUT2D eigenvalue weighted by atomic mass is 32.2. The number of nitrogens with one attached hydrogen (secondary N) is 1. The van der Waals surface area contributed by atoms with Crippen molar-refractivity contribution in [2.75, 3.05) is 28.5 Å². The van der Waals surface area contributed by atoms with E-state index in [1.165, 1.54) is 0 Å². The van der Waals surface area contributed by atoms with E-state index in [9.17, 15) is 8.42 Å². The van der Waals surface area contributed by atoms with Gasteiger partial charge in [0.15, 0.2) is 0 Å². The van der Waals surface area contributed by atoms with E-state index in [2.05, 4.69) is 23.5 Å². The summed E-state index contributed by atoms with van der Waals surface area (Å²) in [6.45, 7) is 6.08. The van der Waals surface area contributed by atoms with Gasteiger partial charge in [0.2, 0.25) is 10.0 Å². The summed E-state index contributed by atoms with van der Waals surface area (Å²) in [5.74, 6) is 0.740. The Labute approximate surface area is 109 Å². The van der Waals surface area contributed by atoms with Crippen LogP contribution in [0.1, 0.15) is 20.3 Å². The Hall–Kier alpha value is -1.23. The normalized spacial score (nSPS) is 18.7. The smallest absolute Gasteiger partial charge is 0.232 e. The molecule has 1 aromatic carbocycles. The molecule has 1 aliphatic rings. The Balaban J connectivity index is 2.37. The highest BCUT2D eigenvalue weighted by molar-refractivity contribution is 7.92. The molecule has 0 saturated heterocycles. The molecule has 1 N–H and O–H groups in total. The minimum Gasteiger partial charge on any atom is -0.370 e. The summed E-state index contributed by atoms with van der Waals surface area (Å²) in [5, 5.41) is 0. The van der Waals surface area contributed by atoms with Crippen LogP contribution in [0.4, 0.5) is 11.4 Å². The number of rotatable bonds is 2. The van der Waals surface area contributed by atoms with E-state index < -0.39 is 10.0 Å². The maximum absolute atomic E-state index is 11.8. The summed E-state index contributed by atoms with van der Waals surface area (Å²) in [4.78, 5) is 2.27. The van der Waals surface area contributed by atoms with Crippen LogP contribution in [0.5, 0.6) is 0 Å². The van der Waals surface area contributed by atoms with Gasteiger partial charge in [0, 0.05) is 13.1 Å². The van der Waals surface area contributed by atoms with Crippen LogP contribution < -0.4 is 9.62 Å². The molecule has 0 aromatic heterocycles. The Morgan fingerprint density at radius 2 is 2.06 bits per heavy atom. The first-order chi connectivity index (χ1) is 8.48. The number of para-hydroxylation sites is 2. The monoisotopic (exact) mass is 268 g/mol. The summed E-state index contributed by atoms with van der Waals surface area (Å²) in [5.41, 5.74) is 1.67. The van der Waals surface area contributed by atoms with Gasteiger partial charge in [-0.3, -0.25) is 4.72 Å². The van der Waals surface area contributed by atoms with Gasteiger partial charge in [0.1, 0.15) is 0 Å². The second-order valence-corrected chi connectivity index (χ2v) is 6.97. The van der Waals surface area contributed by atoms with Crippen molar-refractivity contribution < 1.29 is 8.42 Å². The van der Waals surface area contributed by atoms with E-state index in [-0.39, 0.29) is 5.75 Å². The number of hydrogen-bond acceptors (Lipinski definition) is 3. The van der Waals surface area contributed by atoms with Gasteiger partial charge >= 0.3 is 0 Å². The standard InChI is InChI=1S/C13H20N2O2S/c1-11(2)10-15-8-5-9-18(16,17)14-12-6-3-4-7-13(12)15/h3-4,6-7,11,14H,5,8-10H2,1-2H3. The van der Waals surface area contributed by atoms with Gasteiger partial charge in [-0.2, -0.15) is 0 Å². The molecular formula is C13H20N2O2S. The van der Waals surface area contributed by atoms with Gasteiger partial charge in [0.25, 0.3) is 0 Å². The van der Waals surface area contributed by atoms with E-state index >= 15 is 0 Å². The number of sulfonamides is 1. The minimum absolute atomic E-state index is 0.190. The molecule has 4 nitrogen and oxygen atoms in total. The summed E-state index contributed by atoms with van der Waals surface area (Å²) >= 11 is 0. The molecule has 100 valence electrons. The predicted molar refractivity (Wildman–Crippen MR) is 75.5 cm³/mol. The number of fused-ring (bicyclic) bond motifs is 1. The largest absolute Gasteiger partial charge is 0.370 e. The first-order valence-electron chi connectivity index (χ1n) is 6.32. The molecule has 0 unspecified atom stereocenters. The quantitative estimate of drug-likeness (QED) is 0.895. The molecule has 5 heteroatoms. The molecule has 1 aromatic rings. The lowest BCUT2D eigenvalue weighted by Gasteiger charge is -2.30. The molecule has 1 heterocycles. The second-order valence-electron chi connectivity index (χ2n) is 5.13. The minimum atomic E-state index is -3.18. The Bertz CT molecular complexity index is 511. The lowest BCUT2D eigenvalue weighted by atomic mass is 10.1. The maximum Gasteiger partial charge on any atom is 0.232 e. The zero-order valence-electron chi connectivity index (χ0n) is 10.9. The SMILES string of the molecule is CC(C)CN1CCCS(=O)(=O)Nc2ccccc21. The van der Waals surface area contributed by atoms with E-state index in [0.29, 0.717) is 18.0 Å². The molecule has 0 atom stereocenters. The van der Waals surface area contributed by atoms with E-state index in [1.807, 2.05) is 24.3 Å². The van der Waals surface area contributed by atoms with Crippen molar-refractivity contribution in [1.82, 2.24) is 0 Å². The Morgan fingerprint density at radius 3 is 2.78 bits per heavy atom. The highest BCUT2D eigenvalue weighted by Gasteiger charge is 2.20. The van der Waals surface area contributed by atoms with Crippen molar-refractivity contribution >= 4 is 21.4 Å². The van der Waals surface area contributed by atoms with E-state index in [0.717, 1.165) is 18.8 Å². The van der Waals surface area contributed by atoms with Gasteiger partial charge in [-0.15, -0.1) is 0 Å². The molecule has 0 radical (unpaired) electrons. The van der Waals surface area contributed by atoms with E-state index in [1.54, 1.807) is 0 Å². The zero-order chi connectivity index (χ0) is 13.2. The van der Waals surface area contributed by atoms with Crippen molar-refractivity contribution in [2.45, 2.75) is 20.3 Å². The lowest BCUT2D eigenvalue weighted by Crippen LogP contribution is -2.33. The van der Waals surface area contributed by atoms with Crippen molar-refractivity contribution in [3.63, 3.8) is 0 Å². The summed E-state index contributed by atoms with van der Waals surface area (Å²) in [7, 11) is -3.18. The van der Waals surface area contributed by atoms with Crippen LogP contribution in [0.15, 0.2) is 24.3 Å². The fraction of sp³-hybridized carbons (Fsp3) is 0.538. The molecule has 0 amide bonds. The predicted octanol–water partition coefficient (Wildman–Crippen LogP) is 2.29. The van der Waals surface area contributed by atoms with Gasteiger partial charge in [0.05, 0.1) is 17.1 Å². The topological polar surface area (TPSA) is 49.4 Å². The average Bonchev–Trinajstić information content (AvgIpc) is 2.25. The number of anilines is 2. The van der Waals surface area contributed by atoms with Crippen LogP contribution in [0.3, 0.4) is 0 Å². The molecule has 1 aliphatic heterocycles. The molecule has 18 heavy (non-hydrogen) atoms. The molecule has 0 saturated carbocycles. The molecule has 0 bridgehead atoms. The van der Waals surface area contributed by atoms with Gasteiger partial charge in [-0.05, 0) is 24.5 Å². The molecule has 2 rings (SSSR count). The maximum atomic E-state index is 11.8. The molecule has 0 fully saturated rings. The summed E-state index contributed by atoms with van der Waals surface area (Å²) in [6, 6.07) is 7.61. The van der Waals surface area contributed by atoms with Crippen LogP contribution in [-0.2, 0) is 10.0 Å². The van der Waals surface area contributed by atoms with Crippen molar-refractivity contribution in [3.05, 3.63) is 24.3 Å². The first-order valence-corrected chi connectivity index (χ1v) is 7.97. The van der Waals surface area contributed by atoms with Gasteiger partial charge in [-0.1, -0.05) is 26.0 Å². The highest BCUT2D eigenvalue weighted by Crippen LogP contribution is 2.29. The lowest BCUT2D eigenvalue weighted by molar-refractivity contribution is 0.586. The van der Waals surface area contributed by atoms with Crippen LogP contribution in [0.2, 0.25) is 0 Å². The number of hydrogen-bond donors (Lipinski definition) is 1. The third-order valence-corrected chi connectivity index (χ3v) is 4.29. The zero-order valence-corrected chi connectivity index (χ0v) is 11.7. The van der Waals surface area contributed by atoms with Gasteiger partial charge in [-0.25, -0.2) is 8.42 Å². The van der Waals surface area contributed by atoms with Crippen LogP contribution in [0, 0.1) is 5.92 Å². The third kappa shape index (κ3) is 3.16. The van der Waals surface area contributed by atoms with Crippen molar-refractivity contribution in [2.24, 2.45) is 5.92 Å². The van der Waals surface area contributed by atoms with E-state index in [4.69, 9.17) is 0 Å². The number of nitrogens with zero attached hydrogens (tertiary/aromatic N) is 1. The van der Waals surface area contributed by atoms with Crippen LogP contribution >= 0.6 is 0 Å². The molecular weight excluding hydrogens is 248 g/mol.